The summed E-state index contributed by atoms with van der Waals surface area (Å²) in [6.07, 6.45) is 2.34. The van der Waals surface area contributed by atoms with Crippen molar-refractivity contribution in [2.75, 3.05) is 33.4 Å². The Hall–Kier alpha value is -2.50. The van der Waals surface area contributed by atoms with Crippen LogP contribution in [0.25, 0.3) is 10.9 Å². The summed E-state index contributed by atoms with van der Waals surface area (Å²) in [5.41, 5.74) is 3.04. The Morgan fingerprint density at radius 1 is 1.21 bits per heavy atom. The van der Waals surface area contributed by atoms with Gasteiger partial charge in [0.25, 0.3) is 0 Å². The molecule has 0 aliphatic carbocycles. The number of fused-ring (bicyclic) bond motifs is 1. The van der Waals surface area contributed by atoms with Gasteiger partial charge >= 0.3 is 0 Å². The summed E-state index contributed by atoms with van der Waals surface area (Å²) in [5.74, 6) is 0.757. The summed E-state index contributed by atoms with van der Waals surface area (Å²) in [4.78, 5) is 18.3. The molecule has 6 heteroatoms. The number of benzene rings is 2. The highest BCUT2D eigenvalue weighted by Crippen LogP contribution is 2.38. The predicted molar refractivity (Wildman–Crippen MR) is 110 cm³/mol. The first-order chi connectivity index (χ1) is 13.7. The number of methoxy groups -OCH3 is 1. The summed E-state index contributed by atoms with van der Waals surface area (Å²) >= 11 is 6.26. The molecule has 2 heterocycles. The Balaban J connectivity index is 1.76. The molecule has 0 bridgehead atoms. The maximum absolute atomic E-state index is 13.1. The third-order valence-corrected chi connectivity index (χ3v) is 5.54. The first-order valence-corrected chi connectivity index (χ1v) is 9.80. The number of H-pyrrole nitrogens is 1. The summed E-state index contributed by atoms with van der Waals surface area (Å²) in [6, 6.07) is 13.7. The highest BCUT2D eigenvalue weighted by atomic mass is 35.5. The molecule has 1 N–H and O–H groups in total. The van der Waals surface area contributed by atoms with Crippen LogP contribution in [0, 0.1) is 0 Å². The van der Waals surface area contributed by atoms with Crippen LogP contribution in [0.15, 0.2) is 48.7 Å². The standard InChI is InChI=1S/C22H23ClN2O3/c1-27-21-5-3-2-4-16(21)17(13-22(26)25-8-10-28-11-9-25)19-14-24-20-7-6-15(23)12-18(19)20/h2-7,12,14,17,24H,8-11,13H2,1H3/t17-/m0/s1. The van der Waals surface area contributed by atoms with Gasteiger partial charge in [-0.05, 0) is 29.8 Å². The lowest BCUT2D eigenvalue weighted by molar-refractivity contribution is -0.135. The van der Waals surface area contributed by atoms with Crippen LogP contribution in [0.1, 0.15) is 23.5 Å². The van der Waals surface area contributed by atoms with E-state index in [-0.39, 0.29) is 11.8 Å². The third kappa shape index (κ3) is 3.73. The van der Waals surface area contributed by atoms with E-state index < -0.39 is 0 Å². The number of amides is 1. The highest BCUT2D eigenvalue weighted by Gasteiger charge is 2.27. The topological polar surface area (TPSA) is 54.6 Å². The van der Waals surface area contributed by atoms with Crippen molar-refractivity contribution >= 4 is 28.4 Å². The largest absolute Gasteiger partial charge is 0.496 e. The Kier molecular flexibility index (Phi) is 5.55. The Morgan fingerprint density at radius 2 is 2.00 bits per heavy atom. The fourth-order valence-corrected chi connectivity index (χ4v) is 4.03. The van der Waals surface area contributed by atoms with Crippen LogP contribution >= 0.6 is 11.6 Å². The fourth-order valence-electron chi connectivity index (χ4n) is 3.86. The van der Waals surface area contributed by atoms with E-state index in [4.69, 9.17) is 21.1 Å². The molecular formula is C22H23ClN2O3. The molecule has 1 atom stereocenters. The van der Waals surface area contributed by atoms with Crippen molar-refractivity contribution in [1.29, 1.82) is 0 Å². The maximum Gasteiger partial charge on any atom is 0.223 e. The molecule has 1 aliphatic rings. The quantitative estimate of drug-likeness (QED) is 0.700. The van der Waals surface area contributed by atoms with Gasteiger partial charge in [-0.1, -0.05) is 29.8 Å². The van der Waals surface area contributed by atoms with Gasteiger partial charge in [0.1, 0.15) is 5.75 Å². The number of rotatable bonds is 5. The van der Waals surface area contributed by atoms with Crippen LogP contribution in [0.4, 0.5) is 0 Å². The molecule has 0 unspecified atom stereocenters. The predicted octanol–water partition coefficient (Wildman–Crippen LogP) is 4.21. The van der Waals surface area contributed by atoms with Crippen molar-refractivity contribution in [3.63, 3.8) is 0 Å². The molecule has 1 aliphatic heterocycles. The summed E-state index contributed by atoms with van der Waals surface area (Å²) in [7, 11) is 1.66. The van der Waals surface area contributed by atoms with Crippen LogP contribution in [0.3, 0.4) is 0 Å². The molecule has 0 radical (unpaired) electrons. The number of ether oxygens (including phenoxy) is 2. The first kappa shape index (κ1) is 18.8. The Bertz CT molecular complexity index is 979. The summed E-state index contributed by atoms with van der Waals surface area (Å²) in [5, 5.41) is 1.70. The molecule has 1 amide bonds. The molecule has 4 rings (SSSR count). The number of carbonyl (C=O) groups is 1. The van der Waals surface area contributed by atoms with Crippen molar-refractivity contribution < 1.29 is 14.3 Å². The zero-order valence-electron chi connectivity index (χ0n) is 15.8. The first-order valence-electron chi connectivity index (χ1n) is 9.42. The van der Waals surface area contributed by atoms with Crippen LogP contribution in [-0.4, -0.2) is 49.2 Å². The molecule has 1 saturated heterocycles. The van der Waals surface area contributed by atoms with E-state index in [0.29, 0.717) is 37.7 Å². The van der Waals surface area contributed by atoms with Gasteiger partial charge in [-0.25, -0.2) is 0 Å². The number of carbonyl (C=O) groups excluding carboxylic acids is 1. The zero-order valence-corrected chi connectivity index (χ0v) is 16.5. The molecule has 0 spiro atoms. The summed E-state index contributed by atoms with van der Waals surface area (Å²) in [6.45, 7) is 2.45. The van der Waals surface area contributed by atoms with Gasteiger partial charge in [0.2, 0.25) is 5.91 Å². The van der Waals surface area contributed by atoms with Gasteiger partial charge in [0.05, 0.1) is 20.3 Å². The number of halogens is 1. The van der Waals surface area contributed by atoms with E-state index >= 15 is 0 Å². The average Bonchev–Trinajstić information content (AvgIpc) is 3.15. The number of aromatic amines is 1. The third-order valence-electron chi connectivity index (χ3n) is 5.31. The van der Waals surface area contributed by atoms with E-state index in [9.17, 15) is 4.79 Å². The fraction of sp³-hybridized carbons (Fsp3) is 0.318. The van der Waals surface area contributed by atoms with Gasteiger partial charge in [-0.3, -0.25) is 4.79 Å². The second-order valence-electron chi connectivity index (χ2n) is 6.93. The highest BCUT2D eigenvalue weighted by molar-refractivity contribution is 6.31. The average molecular weight is 399 g/mol. The van der Waals surface area contributed by atoms with E-state index in [1.165, 1.54) is 0 Å². The van der Waals surface area contributed by atoms with E-state index in [1.807, 2.05) is 53.6 Å². The normalized spacial score (nSPS) is 15.6. The molecule has 1 fully saturated rings. The van der Waals surface area contributed by atoms with Crippen molar-refractivity contribution in [2.24, 2.45) is 0 Å². The molecular weight excluding hydrogens is 376 g/mol. The SMILES string of the molecule is COc1ccccc1[C@H](CC(=O)N1CCOCC1)c1c[nH]c2ccc(Cl)cc12. The maximum atomic E-state index is 13.1. The minimum absolute atomic E-state index is 0.121. The number of nitrogens with one attached hydrogen (secondary N) is 1. The van der Waals surface area contributed by atoms with Gasteiger partial charge < -0.3 is 19.4 Å². The van der Waals surface area contributed by atoms with Crippen LogP contribution in [0.2, 0.25) is 5.02 Å². The monoisotopic (exact) mass is 398 g/mol. The Labute approximate surface area is 169 Å². The van der Waals surface area contributed by atoms with Gasteiger partial charge in [-0.15, -0.1) is 0 Å². The smallest absolute Gasteiger partial charge is 0.223 e. The molecule has 5 nitrogen and oxygen atoms in total. The summed E-state index contributed by atoms with van der Waals surface area (Å²) < 4.78 is 11.0. The van der Waals surface area contributed by atoms with E-state index in [2.05, 4.69) is 4.98 Å². The van der Waals surface area contributed by atoms with Crippen LogP contribution < -0.4 is 4.74 Å². The van der Waals surface area contributed by atoms with Crippen LogP contribution in [0.5, 0.6) is 5.75 Å². The lowest BCUT2D eigenvalue weighted by Gasteiger charge is -2.29. The number of morpholine rings is 1. The molecule has 2 aromatic carbocycles. The number of hydrogen-bond acceptors (Lipinski definition) is 3. The van der Waals surface area contributed by atoms with Gasteiger partial charge in [0.15, 0.2) is 0 Å². The lowest BCUT2D eigenvalue weighted by Crippen LogP contribution is -2.41. The second-order valence-corrected chi connectivity index (χ2v) is 7.36. The molecule has 146 valence electrons. The molecule has 3 aromatic rings. The number of aromatic nitrogens is 1. The number of nitrogens with zero attached hydrogens (tertiary/aromatic N) is 1. The lowest BCUT2D eigenvalue weighted by atomic mass is 9.87. The minimum atomic E-state index is -0.140. The van der Waals surface area contributed by atoms with Crippen molar-refractivity contribution in [2.45, 2.75) is 12.3 Å². The molecule has 1 aromatic heterocycles. The van der Waals surface area contributed by atoms with Crippen molar-refractivity contribution in [3.8, 4) is 5.75 Å². The van der Waals surface area contributed by atoms with E-state index in [0.717, 1.165) is 27.8 Å². The van der Waals surface area contributed by atoms with Crippen LogP contribution in [-0.2, 0) is 9.53 Å². The number of para-hydroxylation sites is 1. The van der Waals surface area contributed by atoms with E-state index in [1.54, 1.807) is 7.11 Å². The van der Waals surface area contributed by atoms with Gasteiger partial charge in [-0.2, -0.15) is 0 Å². The molecule has 0 saturated carbocycles. The zero-order chi connectivity index (χ0) is 19.5. The Morgan fingerprint density at radius 3 is 2.79 bits per heavy atom. The van der Waals surface area contributed by atoms with Crippen molar-refractivity contribution in [3.05, 3.63) is 64.8 Å². The second kappa shape index (κ2) is 8.25. The van der Waals surface area contributed by atoms with Crippen molar-refractivity contribution in [1.82, 2.24) is 9.88 Å². The number of hydrogen-bond donors (Lipinski definition) is 1. The minimum Gasteiger partial charge on any atom is -0.496 e. The van der Waals surface area contributed by atoms with Gasteiger partial charge in [0, 0.05) is 53.1 Å². The molecule has 28 heavy (non-hydrogen) atoms.